The van der Waals surface area contributed by atoms with Gasteiger partial charge in [0.05, 0.1) is 25.0 Å². The molecular formula is C16H16BrN3O. The van der Waals surface area contributed by atoms with Crippen LogP contribution < -0.4 is 10.1 Å². The minimum Gasteiger partial charge on any atom is -0.497 e. The van der Waals surface area contributed by atoms with E-state index in [-0.39, 0.29) is 0 Å². The SMILES string of the molecule is COc1cc(Br)cc(NCc2c(C)nc3ccccn23)c1. The maximum Gasteiger partial charge on any atom is 0.137 e. The molecule has 2 heterocycles. The molecule has 0 aliphatic carbocycles. The number of aromatic nitrogens is 2. The van der Waals surface area contributed by atoms with E-state index in [1.165, 1.54) is 0 Å². The zero-order valence-corrected chi connectivity index (χ0v) is 13.5. The molecule has 0 spiro atoms. The summed E-state index contributed by atoms with van der Waals surface area (Å²) in [4.78, 5) is 4.57. The molecule has 21 heavy (non-hydrogen) atoms. The van der Waals surface area contributed by atoms with Crippen molar-refractivity contribution in [3.05, 3.63) is 58.5 Å². The van der Waals surface area contributed by atoms with E-state index in [1.54, 1.807) is 7.11 Å². The summed E-state index contributed by atoms with van der Waals surface area (Å²) < 4.78 is 8.37. The number of methoxy groups -OCH3 is 1. The molecule has 108 valence electrons. The molecule has 0 aliphatic rings. The molecule has 1 aromatic carbocycles. The number of fused-ring (bicyclic) bond motifs is 1. The normalized spacial score (nSPS) is 10.8. The van der Waals surface area contributed by atoms with Crippen molar-refractivity contribution in [2.45, 2.75) is 13.5 Å². The minimum absolute atomic E-state index is 0.705. The fourth-order valence-electron chi connectivity index (χ4n) is 2.35. The quantitative estimate of drug-likeness (QED) is 0.775. The zero-order valence-electron chi connectivity index (χ0n) is 11.9. The van der Waals surface area contributed by atoms with Crippen molar-refractivity contribution in [2.24, 2.45) is 0 Å². The Hall–Kier alpha value is -2.01. The highest BCUT2D eigenvalue weighted by Gasteiger charge is 2.08. The lowest BCUT2D eigenvalue weighted by Crippen LogP contribution is -2.04. The Morgan fingerprint density at radius 3 is 2.95 bits per heavy atom. The van der Waals surface area contributed by atoms with Crippen LogP contribution in [-0.4, -0.2) is 16.5 Å². The van der Waals surface area contributed by atoms with Gasteiger partial charge in [-0.2, -0.15) is 0 Å². The van der Waals surface area contributed by atoms with Crippen LogP contribution in [0.1, 0.15) is 11.4 Å². The van der Waals surface area contributed by atoms with E-state index >= 15 is 0 Å². The third kappa shape index (κ3) is 2.88. The van der Waals surface area contributed by atoms with Crippen LogP contribution in [0.3, 0.4) is 0 Å². The summed E-state index contributed by atoms with van der Waals surface area (Å²) in [6.45, 7) is 2.74. The predicted octanol–water partition coefficient (Wildman–Crippen LogP) is 4.03. The summed E-state index contributed by atoms with van der Waals surface area (Å²) in [6, 6.07) is 12.0. The van der Waals surface area contributed by atoms with Crippen molar-refractivity contribution in [1.29, 1.82) is 0 Å². The van der Waals surface area contributed by atoms with Gasteiger partial charge < -0.3 is 14.5 Å². The number of aryl methyl sites for hydroxylation is 1. The van der Waals surface area contributed by atoms with Crippen molar-refractivity contribution < 1.29 is 4.74 Å². The van der Waals surface area contributed by atoms with Crippen molar-refractivity contribution in [3.8, 4) is 5.75 Å². The molecule has 0 unspecified atom stereocenters. The Morgan fingerprint density at radius 1 is 1.29 bits per heavy atom. The van der Waals surface area contributed by atoms with Gasteiger partial charge in [0.2, 0.25) is 0 Å². The summed E-state index contributed by atoms with van der Waals surface area (Å²) >= 11 is 3.49. The lowest BCUT2D eigenvalue weighted by molar-refractivity contribution is 0.414. The van der Waals surface area contributed by atoms with Crippen LogP contribution in [0.4, 0.5) is 5.69 Å². The molecule has 0 saturated heterocycles. The average Bonchev–Trinajstić information content (AvgIpc) is 2.80. The lowest BCUT2D eigenvalue weighted by atomic mass is 10.2. The van der Waals surface area contributed by atoms with Crippen LogP contribution in [0.15, 0.2) is 47.1 Å². The van der Waals surface area contributed by atoms with E-state index in [9.17, 15) is 0 Å². The number of pyridine rings is 1. The maximum absolute atomic E-state index is 5.28. The average molecular weight is 346 g/mol. The molecular weight excluding hydrogens is 330 g/mol. The van der Waals surface area contributed by atoms with Gasteiger partial charge in [-0.3, -0.25) is 0 Å². The number of hydrogen-bond donors (Lipinski definition) is 1. The second-order valence-corrected chi connectivity index (χ2v) is 5.72. The van der Waals surface area contributed by atoms with Crippen molar-refractivity contribution >= 4 is 27.3 Å². The molecule has 2 aromatic heterocycles. The van der Waals surface area contributed by atoms with Gasteiger partial charge in [0.15, 0.2) is 0 Å². The highest BCUT2D eigenvalue weighted by molar-refractivity contribution is 9.10. The van der Waals surface area contributed by atoms with Crippen LogP contribution in [0, 0.1) is 6.92 Å². The first-order chi connectivity index (χ1) is 10.2. The maximum atomic E-state index is 5.28. The van der Waals surface area contributed by atoms with Crippen LogP contribution in [0.25, 0.3) is 5.65 Å². The highest BCUT2D eigenvalue weighted by atomic mass is 79.9. The molecule has 3 rings (SSSR count). The number of benzene rings is 1. The second-order valence-electron chi connectivity index (χ2n) is 4.81. The standard InChI is InChI=1S/C16H16BrN3O/c1-11-15(20-6-4-3-5-16(20)19-11)10-18-13-7-12(17)8-14(9-13)21-2/h3-9,18H,10H2,1-2H3. The van der Waals surface area contributed by atoms with E-state index in [1.807, 2.05) is 49.5 Å². The highest BCUT2D eigenvalue weighted by Crippen LogP contribution is 2.25. The molecule has 3 aromatic rings. The third-order valence-corrected chi connectivity index (χ3v) is 3.85. The fourth-order valence-corrected chi connectivity index (χ4v) is 2.82. The van der Waals surface area contributed by atoms with Gasteiger partial charge in [-0.15, -0.1) is 0 Å². The van der Waals surface area contributed by atoms with E-state index in [0.29, 0.717) is 6.54 Å². The van der Waals surface area contributed by atoms with Gasteiger partial charge in [-0.1, -0.05) is 22.0 Å². The van der Waals surface area contributed by atoms with Crippen molar-refractivity contribution in [1.82, 2.24) is 9.38 Å². The summed E-state index contributed by atoms with van der Waals surface area (Å²) in [7, 11) is 1.67. The van der Waals surface area contributed by atoms with Crippen LogP contribution in [0.5, 0.6) is 5.75 Å². The first-order valence-electron chi connectivity index (χ1n) is 6.68. The van der Waals surface area contributed by atoms with Crippen molar-refractivity contribution in [2.75, 3.05) is 12.4 Å². The molecule has 0 radical (unpaired) electrons. The second kappa shape index (κ2) is 5.77. The number of rotatable bonds is 4. The number of anilines is 1. The molecule has 4 nitrogen and oxygen atoms in total. The van der Waals surface area contributed by atoms with Gasteiger partial charge in [0.1, 0.15) is 11.4 Å². The van der Waals surface area contributed by atoms with Crippen LogP contribution in [0.2, 0.25) is 0 Å². The van der Waals surface area contributed by atoms with Gasteiger partial charge in [0, 0.05) is 22.4 Å². The summed E-state index contributed by atoms with van der Waals surface area (Å²) in [5.41, 5.74) is 4.17. The zero-order chi connectivity index (χ0) is 14.8. The molecule has 0 aliphatic heterocycles. The number of halogens is 1. The third-order valence-electron chi connectivity index (χ3n) is 3.40. The fraction of sp³-hybridized carbons (Fsp3) is 0.188. The largest absolute Gasteiger partial charge is 0.497 e. The van der Waals surface area contributed by atoms with E-state index < -0.39 is 0 Å². The Kier molecular flexibility index (Phi) is 3.84. The van der Waals surface area contributed by atoms with Gasteiger partial charge in [-0.05, 0) is 31.2 Å². The topological polar surface area (TPSA) is 38.6 Å². The molecule has 0 amide bonds. The summed E-state index contributed by atoms with van der Waals surface area (Å²) in [5, 5.41) is 3.42. The van der Waals surface area contributed by atoms with Gasteiger partial charge in [0.25, 0.3) is 0 Å². The minimum atomic E-state index is 0.705. The lowest BCUT2D eigenvalue weighted by Gasteiger charge is -2.10. The molecule has 5 heteroatoms. The van der Waals surface area contributed by atoms with E-state index in [0.717, 1.165) is 32.9 Å². The van der Waals surface area contributed by atoms with Gasteiger partial charge in [-0.25, -0.2) is 4.98 Å². The molecule has 1 N–H and O–H groups in total. The Morgan fingerprint density at radius 2 is 2.14 bits per heavy atom. The predicted molar refractivity (Wildman–Crippen MR) is 87.9 cm³/mol. The molecule has 0 saturated carbocycles. The molecule has 0 bridgehead atoms. The number of imidazole rings is 1. The first-order valence-corrected chi connectivity index (χ1v) is 7.47. The van der Waals surface area contributed by atoms with Crippen LogP contribution >= 0.6 is 15.9 Å². The Labute approximate surface area is 131 Å². The number of nitrogens with one attached hydrogen (secondary N) is 1. The van der Waals surface area contributed by atoms with Gasteiger partial charge >= 0.3 is 0 Å². The van der Waals surface area contributed by atoms with Crippen LogP contribution in [-0.2, 0) is 6.54 Å². The number of ether oxygens (including phenoxy) is 1. The Bertz CT molecular complexity index is 782. The Balaban J connectivity index is 1.86. The molecule has 0 fully saturated rings. The summed E-state index contributed by atoms with van der Waals surface area (Å²) in [5.74, 6) is 0.821. The molecule has 0 atom stereocenters. The van der Waals surface area contributed by atoms with E-state index in [2.05, 4.69) is 30.6 Å². The number of hydrogen-bond acceptors (Lipinski definition) is 3. The first kappa shape index (κ1) is 13.9. The monoisotopic (exact) mass is 345 g/mol. The van der Waals surface area contributed by atoms with Crippen molar-refractivity contribution in [3.63, 3.8) is 0 Å². The smallest absolute Gasteiger partial charge is 0.137 e. The summed E-state index contributed by atoms with van der Waals surface area (Å²) in [6.07, 6.45) is 2.04. The van der Waals surface area contributed by atoms with E-state index in [4.69, 9.17) is 4.74 Å². The number of nitrogens with zero attached hydrogens (tertiary/aromatic N) is 2.